The first-order valence-corrected chi connectivity index (χ1v) is 21.5. The van der Waals surface area contributed by atoms with Gasteiger partial charge in [0, 0.05) is 6.20 Å². The molecule has 1 N–H and O–H groups in total. The number of aromatic amines is 1. The largest absolute Gasteiger partial charge is 0.358 e. The molecule has 0 unspecified atom stereocenters. The lowest BCUT2D eigenvalue weighted by molar-refractivity contribution is -0.130. The molecule has 0 saturated carbocycles. The Morgan fingerprint density at radius 2 is 1.00 bits per heavy atom. The summed E-state index contributed by atoms with van der Waals surface area (Å²) in [6.07, 6.45) is 2.30. The van der Waals surface area contributed by atoms with Crippen LogP contribution in [-0.4, -0.2) is 49.1 Å². The molecule has 1 fully saturated rings. The maximum absolute atomic E-state index is 13.7. The predicted octanol–water partition coefficient (Wildman–Crippen LogP) is 7.15. The van der Waals surface area contributed by atoms with Gasteiger partial charge in [-0.05, 0) is 33.4 Å². The normalized spacial score (nSPS) is 18.0. The molecule has 1 aliphatic rings. The molecule has 0 bridgehead atoms. The number of nitrogens with zero attached hydrogens (tertiary/aromatic N) is 1. The Morgan fingerprint density at radius 1 is 0.623 bits per heavy atom. The van der Waals surface area contributed by atoms with Crippen molar-refractivity contribution in [2.24, 2.45) is 0 Å². The van der Waals surface area contributed by atoms with E-state index in [1.165, 1.54) is 0 Å². The van der Waals surface area contributed by atoms with Gasteiger partial charge in [0.25, 0.3) is 15.7 Å². The highest BCUT2D eigenvalue weighted by molar-refractivity contribution is 7.86. The van der Waals surface area contributed by atoms with Gasteiger partial charge in [0.1, 0.15) is 29.0 Å². The second kappa shape index (κ2) is 17.5. The van der Waals surface area contributed by atoms with Crippen LogP contribution in [0.4, 0.5) is 0 Å². The Morgan fingerprint density at radius 3 is 1.36 bits per heavy atom. The van der Waals surface area contributed by atoms with Crippen LogP contribution in [0.25, 0.3) is 0 Å². The molecule has 7 aromatic rings. The fraction of sp³-hybridized carbons (Fsp3) is 0.160. The van der Waals surface area contributed by atoms with Crippen LogP contribution < -0.4 is 11.2 Å². The van der Waals surface area contributed by atoms with Crippen LogP contribution in [0.5, 0.6) is 0 Å². The molecule has 11 heteroatoms. The molecule has 8 rings (SSSR count). The van der Waals surface area contributed by atoms with E-state index in [1.807, 2.05) is 182 Å². The summed E-state index contributed by atoms with van der Waals surface area (Å²) in [5.74, 6) is 2.30. The van der Waals surface area contributed by atoms with Crippen molar-refractivity contribution in [1.29, 1.82) is 0 Å². The van der Waals surface area contributed by atoms with Crippen molar-refractivity contribution in [3.05, 3.63) is 248 Å². The van der Waals surface area contributed by atoms with Gasteiger partial charge < -0.3 is 14.2 Å². The zero-order chi connectivity index (χ0) is 42.5. The first kappa shape index (κ1) is 41.1. The molecule has 0 radical (unpaired) electrons. The third kappa shape index (κ3) is 8.15. The van der Waals surface area contributed by atoms with Crippen LogP contribution >= 0.6 is 0 Å². The van der Waals surface area contributed by atoms with Crippen LogP contribution in [0, 0.1) is 12.3 Å². The second-order valence-electron chi connectivity index (χ2n) is 14.6. The number of hydrogen-bond donors (Lipinski definition) is 1. The van der Waals surface area contributed by atoms with Crippen molar-refractivity contribution in [2.45, 2.75) is 35.7 Å². The lowest BCUT2D eigenvalue weighted by atomic mass is 9.79. The van der Waals surface area contributed by atoms with Gasteiger partial charge in [-0.25, -0.2) is 4.79 Å². The maximum Gasteiger partial charge on any atom is 0.330 e. The smallest absolute Gasteiger partial charge is 0.330 e. The number of rotatable bonds is 14. The average Bonchev–Trinajstić information content (AvgIpc) is 3.61. The van der Waals surface area contributed by atoms with E-state index in [0.717, 1.165) is 50.4 Å². The summed E-state index contributed by atoms with van der Waals surface area (Å²) < 4.78 is 55.5. The molecule has 306 valence electrons. The summed E-state index contributed by atoms with van der Waals surface area (Å²) in [5.41, 5.74) is 0.0761. The fourth-order valence-electron chi connectivity index (χ4n) is 8.19. The van der Waals surface area contributed by atoms with Gasteiger partial charge in [-0.1, -0.05) is 188 Å². The summed E-state index contributed by atoms with van der Waals surface area (Å²) in [4.78, 5) is 28.7. The van der Waals surface area contributed by atoms with E-state index in [0.29, 0.717) is 0 Å². The molecular weight excluding hydrogens is 789 g/mol. The van der Waals surface area contributed by atoms with E-state index in [9.17, 15) is 18.0 Å². The molecule has 4 atom stereocenters. The quantitative estimate of drug-likeness (QED) is 0.0697. The topological polar surface area (TPSA) is 126 Å². The zero-order valence-electron chi connectivity index (χ0n) is 33.1. The molecule has 61 heavy (non-hydrogen) atoms. The molecule has 0 amide bonds. The molecule has 0 aliphatic carbocycles. The number of aromatic nitrogens is 2. The van der Waals surface area contributed by atoms with Crippen LogP contribution in [0.3, 0.4) is 0 Å². The van der Waals surface area contributed by atoms with Crippen LogP contribution in [0.15, 0.2) is 198 Å². The van der Waals surface area contributed by atoms with Gasteiger partial charge in [0.2, 0.25) is 0 Å². The first-order valence-electron chi connectivity index (χ1n) is 19.6. The van der Waals surface area contributed by atoms with E-state index in [2.05, 4.69) is 10.9 Å². The predicted molar refractivity (Wildman–Crippen MR) is 232 cm³/mol. The lowest BCUT2D eigenvalue weighted by Crippen LogP contribution is -2.48. The van der Waals surface area contributed by atoms with Gasteiger partial charge in [0.05, 0.1) is 12.9 Å². The van der Waals surface area contributed by atoms with Crippen molar-refractivity contribution < 1.29 is 26.8 Å². The molecule has 1 aromatic heterocycles. The molecule has 1 saturated heterocycles. The van der Waals surface area contributed by atoms with Gasteiger partial charge in [-0.15, -0.1) is 6.42 Å². The Hall–Kier alpha value is -6.65. The van der Waals surface area contributed by atoms with Crippen molar-refractivity contribution in [3.63, 3.8) is 0 Å². The summed E-state index contributed by atoms with van der Waals surface area (Å²) in [6, 6.07) is 57.9. The van der Waals surface area contributed by atoms with E-state index in [4.69, 9.17) is 24.8 Å². The van der Waals surface area contributed by atoms with Crippen LogP contribution in [0.1, 0.15) is 45.2 Å². The highest BCUT2D eigenvalue weighted by Gasteiger charge is 2.55. The Balaban J connectivity index is 1.37. The highest BCUT2D eigenvalue weighted by Crippen LogP contribution is 2.47. The summed E-state index contributed by atoms with van der Waals surface area (Å²) >= 11 is 0. The monoisotopic (exact) mass is 830 g/mol. The van der Waals surface area contributed by atoms with Crippen LogP contribution in [-0.2, 0) is 39.7 Å². The number of terminal acetylenes is 1. The van der Waals surface area contributed by atoms with Gasteiger partial charge in [-0.2, -0.15) is 8.42 Å². The number of ether oxygens (including phenoxy) is 3. The van der Waals surface area contributed by atoms with Gasteiger partial charge in [-0.3, -0.25) is 18.5 Å². The van der Waals surface area contributed by atoms with Crippen molar-refractivity contribution in [2.75, 3.05) is 12.9 Å². The maximum atomic E-state index is 13.7. The van der Waals surface area contributed by atoms with Crippen molar-refractivity contribution in [3.8, 4) is 12.3 Å². The molecule has 2 heterocycles. The highest BCUT2D eigenvalue weighted by atomic mass is 32.2. The first-order chi connectivity index (χ1) is 29.6. The zero-order valence-corrected chi connectivity index (χ0v) is 33.9. The molecule has 1 aliphatic heterocycles. The average molecular weight is 831 g/mol. The Kier molecular flexibility index (Phi) is 11.8. The third-order valence-electron chi connectivity index (χ3n) is 10.8. The van der Waals surface area contributed by atoms with E-state index >= 15 is 0 Å². The standard InChI is InChI=1S/C50H42N2O8S/c1-3-36-34-52(48(54)51-46(36)53)47-45(60-61(2,55)56)44(59-50(40-28-16-7-17-29-40,41-30-18-8-19-31-41)42-32-20-9-21-33-42)43(58-47)35-57-49(37-22-10-4-11-23-37,38-24-12-5-13-25-38)39-26-14-6-15-27-39/h1,4-34,43-45,47H,35H2,2H3,(H,51,53,54)/t43-,44-,45-,47-/m1/s1. The fourth-order valence-corrected chi connectivity index (χ4v) is 8.80. The Bertz CT molecular complexity index is 2640. The minimum Gasteiger partial charge on any atom is -0.358 e. The minimum atomic E-state index is -4.29. The van der Waals surface area contributed by atoms with Gasteiger partial charge in [0.15, 0.2) is 12.3 Å². The van der Waals surface area contributed by atoms with Crippen LogP contribution in [0.2, 0.25) is 0 Å². The van der Waals surface area contributed by atoms with E-state index in [1.54, 1.807) is 0 Å². The molecular formula is C50H42N2O8S. The minimum absolute atomic E-state index is 0.179. The second-order valence-corrected chi connectivity index (χ2v) is 16.2. The SMILES string of the molecule is C#Cc1cn([C@@H]2O[C@H](COC(c3ccccc3)(c3ccccc3)c3ccccc3)[C@@H](OC(c3ccccc3)(c3ccccc3)c3ccccc3)[C@H]2OS(C)(=O)=O)c(=O)[nH]c1=O. The van der Waals surface area contributed by atoms with E-state index < -0.39 is 57.1 Å². The molecule has 6 aromatic carbocycles. The Labute approximate surface area is 354 Å². The lowest BCUT2D eigenvalue weighted by Gasteiger charge is -2.41. The number of benzene rings is 6. The van der Waals surface area contributed by atoms with Gasteiger partial charge >= 0.3 is 5.69 Å². The summed E-state index contributed by atoms with van der Waals surface area (Å²) in [6.45, 7) is -0.224. The summed E-state index contributed by atoms with van der Waals surface area (Å²) in [7, 11) is -4.29. The van der Waals surface area contributed by atoms with Crippen molar-refractivity contribution >= 4 is 10.1 Å². The summed E-state index contributed by atoms with van der Waals surface area (Å²) in [5, 5.41) is 0. The molecule has 10 nitrogen and oxygen atoms in total. The van der Waals surface area contributed by atoms with E-state index in [-0.39, 0.29) is 12.2 Å². The number of H-pyrrole nitrogens is 1. The van der Waals surface area contributed by atoms with Crippen molar-refractivity contribution in [1.82, 2.24) is 9.55 Å². The number of hydrogen-bond acceptors (Lipinski definition) is 8. The number of nitrogens with one attached hydrogen (secondary N) is 1. The third-order valence-corrected chi connectivity index (χ3v) is 11.4. The molecule has 0 spiro atoms.